The third-order valence-corrected chi connectivity index (χ3v) is 8.89. The molecule has 1 fully saturated rings. The Hall–Kier alpha value is -1.86. The quantitative estimate of drug-likeness (QED) is 0.428. The molecule has 0 bridgehead atoms. The Kier molecular flexibility index (Phi) is 6.48. The van der Waals surface area contributed by atoms with Gasteiger partial charge in [-0.05, 0) is 42.0 Å². The van der Waals surface area contributed by atoms with Gasteiger partial charge in [-0.25, -0.2) is 4.79 Å². The standard InChI is InChI=1S/C22H18Cl2N2O2S2/c1-26-10-8-15-12-16(4-5-17(15)26)29-18-6-2-14(21(23)22(18)24)3-7-20(28)30-11-9-25-19(27)13-30/h2-8,10,12H,9,11,13H2,1H3/p+1/b7-3+. The topological polar surface area (TPSA) is 51.1 Å². The van der Waals surface area contributed by atoms with E-state index in [0.29, 0.717) is 27.9 Å². The summed E-state index contributed by atoms with van der Waals surface area (Å²) in [6.45, 7) is 0.550. The Bertz CT molecular complexity index is 1170. The number of fused-ring (bicyclic) bond motifs is 1. The molecule has 154 valence electrons. The summed E-state index contributed by atoms with van der Waals surface area (Å²) in [6.07, 6.45) is 5.22. The first-order valence-electron chi connectivity index (χ1n) is 9.29. The van der Waals surface area contributed by atoms with E-state index in [1.807, 2.05) is 25.4 Å². The molecule has 1 N–H and O–H groups in total. The lowest BCUT2D eigenvalue weighted by Gasteiger charge is -2.11. The summed E-state index contributed by atoms with van der Waals surface area (Å²) in [6, 6.07) is 12.1. The van der Waals surface area contributed by atoms with Crippen LogP contribution in [0.2, 0.25) is 10.0 Å². The van der Waals surface area contributed by atoms with Crippen LogP contribution in [0.1, 0.15) is 5.56 Å². The number of hydrogen-bond donors (Lipinski definition) is 1. The average molecular weight is 478 g/mol. The number of nitrogens with one attached hydrogen (secondary N) is 1. The Morgan fingerprint density at radius 1 is 1.20 bits per heavy atom. The average Bonchev–Trinajstić information content (AvgIpc) is 3.11. The number of aryl methyl sites for hydroxylation is 1. The van der Waals surface area contributed by atoms with Gasteiger partial charge in [0.2, 0.25) is 0 Å². The number of aromatic nitrogens is 1. The van der Waals surface area contributed by atoms with Crippen LogP contribution in [0.25, 0.3) is 17.0 Å². The first-order chi connectivity index (χ1) is 14.4. The molecule has 3 aromatic rings. The van der Waals surface area contributed by atoms with Crippen LogP contribution in [0.15, 0.2) is 58.5 Å². The maximum absolute atomic E-state index is 12.4. The molecule has 4 rings (SSSR count). The van der Waals surface area contributed by atoms with E-state index in [4.69, 9.17) is 23.2 Å². The zero-order valence-corrected chi connectivity index (χ0v) is 19.3. The molecule has 1 saturated heterocycles. The number of halogens is 2. The second kappa shape index (κ2) is 9.10. The summed E-state index contributed by atoms with van der Waals surface area (Å²) >= 11 is 14.6. The molecule has 1 aromatic heterocycles. The molecule has 1 aliphatic rings. The van der Waals surface area contributed by atoms with E-state index in [2.05, 4.69) is 34.1 Å². The highest BCUT2D eigenvalue weighted by molar-refractivity contribution is 8.11. The van der Waals surface area contributed by atoms with E-state index in [9.17, 15) is 9.59 Å². The van der Waals surface area contributed by atoms with Crippen molar-refractivity contribution in [1.29, 1.82) is 0 Å². The van der Waals surface area contributed by atoms with Crippen LogP contribution >= 0.6 is 35.0 Å². The van der Waals surface area contributed by atoms with Gasteiger partial charge in [0.15, 0.2) is 5.75 Å². The fraction of sp³-hybridized carbons (Fsp3) is 0.182. The van der Waals surface area contributed by atoms with E-state index in [-0.39, 0.29) is 16.8 Å². The molecular weight excluding hydrogens is 459 g/mol. The minimum Gasteiger partial charge on any atom is -0.351 e. The molecule has 0 aliphatic carbocycles. The van der Waals surface area contributed by atoms with Crippen molar-refractivity contribution < 1.29 is 9.59 Å². The van der Waals surface area contributed by atoms with E-state index in [0.717, 1.165) is 9.79 Å². The molecule has 1 amide bonds. The maximum Gasteiger partial charge on any atom is 0.355 e. The SMILES string of the molecule is Cn1ccc2cc(Sc3ccc(/C=C/C(=O)[S+]4CCNC(=O)C4)c(Cl)c3Cl)ccc21. The van der Waals surface area contributed by atoms with Gasteiger partial charge in [0.25, 0.3) is 5.91 Å². The molecule has 0 saturated carbocycles. The fourth-order valence-corrected chi connectivity index (χ4v) is 6.22. The molecule has 0 radical (unpaired) electrons. The number of benzene rings is 2. The van der Waals surface area contributed by atoms with Gasteiger partial charge < -0.3 is 9.88 Å². The minimum atomic E-state index is -0.566. The lowest BCUT2D eigenvalue weighted by molar-refractivity contribution is -0.119. The highest BCUT2D eigenvalue weighted by atomic mass is 35.5. The molecular formula is C22H19Cl2N2O2S2+. The van der Waals surface area contributed by atoms with Gasteiger partial charge in [0, 0.05) is 40.0 Å². The third kappa shape index (κ3) is 4.57. The van der Waals surface area contributed by atoms with Gasteiger partial charge in [-0.2, -0.15) is 0 Å². The van der Waals surface area contributed by atoms with Crippen molar-refractivity contribution in [2.24, 2.45) is 7.05 Å². The van der Waals surface area contributed by atoms with Crippen LogP contribution in [0.4, 0.5) is 0 Å². The molecule has 1 aliphatic heterocycles. The van der Waals surface area contributed by atoms with Gasteiger partial charge in [0.1, 0.15) is 5.75 Å². The summed E-state index contributed by atoms with van der Waals surface area (Å²) < 4.78 is 2.08. The minimum absolute atomic E-state index is 0.0355. The normalized spacial score (nSPS) is 16.9. The van der Waals surface area contributed by atoms with E-state index >= 15 is 0 Å². The van der Waals surface area contributed by atoms with Crippen molar-refractivity contribution >= 4 is 73.9 Å². The highest BCUT2D eigenvalue weighted by Crippen LogP contribution is 2.40. The Labute approximate surface area is 192 Å². The number of carbonyl (C=O) groups excluding carboxylic acids is 2. The predicted molar refractivity (Wildman–Crippen MR) is 128 cm³/mol. The molecule has 1 unspecified atom stereocenters. The number of amides is 1. The van der Waals surface area contributed by atoms with Crippen molar-refractivity contribution in [2.45, 2.75) is 9.79 Å². The highest BCUT2D eigenvalue weighted by Gasteiger charge is 2.33. The molecule has 1 atom stereocenters. The van der Waals surface area contributed by atoms with E-state index < -0.39 is 10.9 Å². The van der Waals surface area contributed by atoms with Crippen molar-refractivity contribution in [3.63, 3.8) is 0 Å². The molecule has 2 heterocycles. The molecule has 30 heavy (non-hydrogen) atoms. The van der Waals surface area contributed by atoms with Crippen molar-refractivity contribution in [1.82, 2.24) is 9.88 Å². The van der Waals surface area contributed by atoms with E-state index in [1.165, 1.54) is 17.0 Å². The van der Waals surface area contributed by atoms with Crippen LogP contribution < -0.4 is 5.32 Å². The lowest BCUT2D eigenvalue weighted by atomic mass is 10.2. The monoisotopic (exact) mass is 477 g/mol. The summed E-state index contributed by atoms with van der Waals surface area (Å²) in [5.74, 6) is 0.881. The van der Waals surface area contributed by atoms with Crippen molar-refractivity contribution in [3.05, 3.63) is 64.3 Å². The number of hydrogen-bond acceptors (Lipinski definition) is 3. The van der Waals surface area contributed by atoms with Gasteiger partial charge >= 0.3 is 5.12 Å². The Morgan fingerprint density at radius 2 is 2.03 bits per heavy atom. The van der Waals surface area contributed by atoms with Crippen LogP contribution in [0.5, 0.6) is 0 Å². The Balaban J connectivity index is 1.51. The van der Waals surface area contributed by atoms with Crippen molar-refractivity contribution in [3.8, 4) is 0 Å². The van der Waals surface area contributed by atoms with Gasteiger partial charge in [-0.1, -0.05) is 41.0 Å². The zero-order chi connectivity index (χ0) is 21.3. The second-order valence-corrected chi connectivity index (χ2v) is 10.8. The lowest BCUT2D eigenvalue weighted by Crippen LogP contribution is -2.43. The van der Waals surface area contributed by atoms with Crippen molar-refractivity contribution in [2.75, 3.05) is 18.1 Å². The first kappa shape index (κ1) is 21.4. The largest absolute Gasteiger partial charge is 0.355 e. The van der Waals surface area contributed by atoms with Gasteiger partial charge in [-0.3, -0.25) is 4.79 Å². The number of rotatable bonds is 4. The molecule has 2 aromatic carbocycles. The van der Waals surface area contributed by atoms with Gasteiger partial charge in [0.05, 0.1) is 27.5 Å². The fourth-order valence-electron chi connectivity index (χ4n) is 3.23. The van der Waals surface area contributed by atoms with E-state index in [1.54, 1.807) is 17.8 Å². The summed E-state index contributed by atoms with van der Waals surface area (Å²) in [5.41, 5.74) is 1.85. The zero-order valence-electron chi connectivity index (χ0n) is 16.2. The molecule has 0 spiro atoms. The van der Waals surface area contributed by atoms with Crippen LogP contribution in [0, 0.1) is 0 Å². The third-order valence-electron chi connectivity index (χ3n) is 4.82. The smallest absolute Gasteiger partial charge is 0.351 e. The maximum atomic E-state index is 12.4. The van der Waals surface area contributed by atoms with Gasteiger partial charge in [-0.15, -0.1) is 0 Å². The Morgan fingerprint density at radius 3 is 2.83 bits per heavy atom. The molecule has 4 nitrogen and oxygen atoms in total. The summed E-state index contributed by atoms with van der Waals surface area (Å²) in [4.78, 5) is 25.8. The molecule has 8 heteroatoms. The van der Waals surface area contributed by atoms with Crippen LogP contribution in [-0.2, 0) is 27.5 Å². The summed E-state index contributed by atoms with van der Waals surface area (Å²) in [5, 5.41) is 4.75. The van der Waals surface area contributed by atoms with Crippen LogP contribution in [0.3, 0.4) is 0 Å². The first-order valence-corrected chi connectivity index (χ1v) is 12.4. The van der Waals surface area contributed by atoms with Crippen LogP contribution in [-0.4, -0.2) is 33.6 Å². The number of carbonyl (C=O) groups is 2. The summed E-state index contributed by atoms with van der Waals surface area (Å²) in [7, 11) is 1.45. The second-order valence-electron chi connectivity index (χ2n) is 6.87. The number of nitrogens with zero attached hydrogens (tertiary/aromatic N) is 1. The predicted octanol–water partition coefficient (Wildman–Crippen LogP) is 4.92.